The molecule has 1 atom stereocenters. The largest absolute Gasteiger partial charge is 0.493 e. The predicted molar refractivity (Wildman–Crippen MR) is 101 cm³/mol. The molecule has 2 N–H and O–H groups in total. The molecule has 6 nitrogen and oxygen atoms in total. The number of para-hydroxylation sites is 1. The normalized spacial score (nSPS) is 15.9. The zero-order valence-electron chi connectivity index (χ0n) is 14.0. The number of anilines is 1. The zero-order chi connectivity index (χ0) is 18.1. The van der Waals surface area contributed by atoms with Gasteiger partial charge in [0.2, 0.25) is 5.91 Å². The average Bonchev–Trinajstić information content (AvgIpc) is 3.11. The average molecular weight is 414 g/mol. The van der Waals surface area contributed by atoms with E-state index in [-0.39, 0.29) is 11.8 Å². The Balaban J connectivity index is 1.68. The van der Waals surface area contributed by atoms with Gasteiger partial charge in [-0.05, 0) is 45.8 Å². The number of H-pyrrole nitrogens is 1. The minimum absolute atomic E-state index is 0.0536. The number of carbonyl (C=O) groups excluding carboxylic acids is 1. The van der Waals surface area contributed by atoms with E-state index in [9.17, 15) is 4.79 Å². The topological polar surface area (TPSA) is 76.2 Å². The number of hydrogen-bond acceptors (Lipinski definition) is 4. The summed E-state index contributed by atoms with van der Waals surface area (Å²) in [6.07, 6.45) is 2.18. The first-order chi connectivity index (χ1) is 12.7. The number of benzene rings is 2. The van der Waals surface area contributed by atoms with E-state index < -0.39 is 0 Å². The number of nitrogens with one attached hydrogen (secondary N) is 2. The molecule has 1 amide bonds. The Bertz CT molecular complexity index is 970. The van der Waals surface area contributed by atoms with Crippen LogP contribution in [-0.2, 0) is 4.79 Å². The summed E-state index contributed by atoms with van der Waals surface area (Å²) in [6, 6.07) is 13.3. The smallest absolute Gasteiger partial charge is 0.226 e. The molecule has 7 heteroatoms. The molecular formula is C19H16BrN3O3. The number of amides is 1. The molecule has 0 saturated carbocycles. The molecule has 0 fully saturated rings. The molecule has 1 aliphatic rings. The molecule has 1 aromatic heterocycles. The van der Waals surface area contributed by atoms with Gasteiger partial charge in [0.15, 0.2) is 17.3 Å². The van der Waals surface area contributed by atoms with Gasteiger partial charge in [0.25, 0.3) is 0 Å². The Morgan fingerprint density at radius 3 is 2.81 bits per heavy atom. The highest BCUT2D eigenvalue weighted by Crippen LogP contribution is 2.41. The SMILES string of the molecule is COc1cc(C2CC(=O)Nc3n[nH]cc32)ccc1Oc1ccccc1Br. The lowest BCUT2D eigenvalue weighted by Crippen LogP contribution is -2.22. The van der Waals surface area contributed by atoms with Crippen LogP contribution >= 0.6 is 15.9 Å². The van der Waals surface area contributed by atoms with Crippen LogP contribution in [0.3, 0.4) is 0 Å². The number of methoxy groups -OCH3 is 1. The lowest BCUT2D eigenvalue weighted by atomic mass is 9.87. The highest BCUT2D eigenvalue weighted by atomic mass is 79.9. The molecule has 2 heterocycles. The number of ether oxygens (including phenoxy) is 2. The van der Waals surface area contributed by atoms with Crippen molar-refractivity contribution >= 4 is 27.7 Å². The Hall–Kier alpha value is -2.80. The first-order valence-corrected chi connectivity index (χ1v) is 8.89. The number of rotatable bonds is 4. The maximum atomic E-state index is 12.0. The molecule has 2 aromatic carbocycles. The number of nitrogens with zero attached hydrogens (tertiary/aromatic N) is 1. The number of halogens is 1. The number of aromatic nitrogens is 2. The Labute approximate surface area is 158 Å². The Kier molecular flexibility index (Phi) is 4.38. The molecule has 0 aliphatic carbocycles. The second kappa shape index (κ2) is 6.84. The summed E-state index contributed by atoms with van der Waals surface area (Å²) in [5, 5.41) is 9.68. The summed E-state index contributed by atoms with van der Waals surface area (Å²) in [4.78, 5) is 12.0. The van der Waals surface area contributed by atoms with E-state index in [2.05, 4.69) is 31.4 Å². The van der Waals surface area contributed by atoms with Crippen LogP contribution in [0.4, 0.5) is 5.82 Å². The van der Waals surface area contributed by atoms with E-state index in [0.717, 1.165) is 15.6 Å². The number of carbonyl (C=O) groups is 1. The third kappa shape index (κ3) is 3.06. The monoisotopic (exact) mass is 413 g/mol. The van der Waals surface area contributed by atoms with Crippen molar-refractivity contribution in [3.05, 3.63) is 64.3 Å². The molecule has 1 unspecified atom stereocenters. The molecule has 3 aromatic rings. The predicted octanol–water partition coefficient (Wildman–Crippen LogP) is 4.45. The van der Waals surface area contributed by atoms with Gasteiger partial charge in [0, 0.05) is 24.1 Å². The van der Waals surface area contributed by atoms with Crippen molar-refractivity contribution in [2.75, 3.05) is 12.4 Å². The first kappa shape index (κ1) is 16.7. The molecule has 0 bridgehead atoms. The lowest BCUT2D eigenvalue weighted by Gasteiger charge is -2.23. The van der Waals surface area contributed by atoms with Crippen molar-refractivity contribution in [2.24, 2.45) is 0 Å². The van der Waals surface area contributed by atoms with Crippen LogP contribution in [0, 0.1) is 0 Å². The fourth-order valence-electron chi connectivity index (χ4n) is 3.07. The summed E-state index contributed by atoms with van der Waals surface area (Å²) in [6.45, 7) is 0. The second-order valence-corrected chi connectivity index (χ2v) is 6.79. The van der Waals surface area contributed by atoms with E-state index in [1.807, 2.05) is 48.7 Å². The van der Waals surface area contributed by atoms with Crippen LogP contribution in [0.5, 0.6) is 17.2 Å². The Morgan fingerprint density at radius 1 is 1.15 bits per heavy atom. The molecule has 0 saturated heterocycles. The molecule has 26 heavy (non-hydrogen) atoms. The molecule has 1 aliphatic heterocycles. The van der Waals surface area contributed by atoms with Gasteiger partial charge in [-0.15, -0.1) is 0 Å². The fraction of sp³-hybridized carbons (Fsp3) is 0.158. The molecule has 0 radical (unpaired) electrons. The van der Waals surface area contributed by atoms with Crippen molar-refractivity contribution in [3.8, 4) is 17.2 Å². The third-order valence-corrected chi connectivity index (χ3v) is 4.99. The van der Waals surface area contributed by atoms with Gasteiger partial charge in [0.1, 0.15) is 5.75 Å². The van der Waals surface area contributed by atoms with Gasteiger partial charge >= 0.3 is 0 Å². The van der Waals surface area contributed by atoms with Gasteiger partial charge in [-0.1, -0.05) is 18.2 Å². The van der Waals surface area contributed by atoms with Crippen LogP contribution in [0.15, 0.2) is 53.1 Å². The van der Waals surface area contributed by atoms with Crippen molar-refractivity contribution in [1.82, 2.24) is 10.2 Å². The molecule has 4 rings (SSSR count). The van der Waals surface area contributed by atoms with Gasteiger partial charge in [-0.2, -0.15) is 5.10 Å². The summed E-state index contributed by atoms with van der Waals surface area (Å²) in [7, 11) is 1.60. The van der Waals surface area contributed by atoms with E-state index >= 15 is 0 Å². The summed E-state index contributed by atoms with van der Waals surface area (Å²) >= 11 is 3.48. The zero-order valence-corrected chi connectivity index (χ0v) is 15.5. The number of aromatic amines is 1. The highest BCUT2D eigenvalue weighted by Gasteiger charge is 2.29. The van der Waals surface area contributed by atoms with Crippen LogP contribution in [0.25, 0.3) is 0 Å². The van der Waals surface area contributed by atoms with Crippen LogP contribution in [0.2, 0.25) is 0 Å². The van der Waals surface area contributed by atoms with Gasteiger partial charge < -0.3 is 14.8 Å². The van der Waals surface area contributed by atoms with E-state index in [1.165, 1.54) is 0 Å². The maximum absolute atomic E-state index is 12.0. The van der Waals surface area contributed by atoms with E-state index in [0.29, 0.717) is 29.5 Å². The van der Waals surface area contributed by atoms with Crippen LogP contribution < -0.4 is 14.8 Å². The van der Waals surface area contributed by atoms with Crippen LogP contribution in [-0.4, -0.2) is 23.2 Å². The van der Waals surface area contributed by atoms with Crippen molar-refractivity contribution < 1.29 is 14.3 Å². The van der Waals surface area contributed by atoms with E-state index in [4.69, 9.17) is 9.47 Å². The Morgan fingerprint density at radius 2 is 2.00 bits per heavy atom. The van der Waals surface area contributed by atoms with Crippen molar-refractivity contribution in [1.29, 1.82) is 0 Å². The lowest BCUT2D eigenvalue weighted by molar-refractivity contribution is -0.116. The number of hydrogen-bond donors (Lipinski definition) is 2. The maximum Gasteiger partial charge on any atom is 0.226 e. The van der Waals surface area contributed by atoms with Crippen molar-refractivity contribution in [2.45, 2.75) is 12.3 Å². The highest BCUT2D eigenvalue weighted by molar-refractivity contribution is 9.10. The first-order valence-electron chi connectivity index (χ1n) is 8.09. The quantitative estimate of drug-likeness (QED) is 0.662. The fourth-order valence-corrected chi connectivity index (χ4v) is 3.44. The van der Waals surface area contributed by atoms with Gasteiger partial charge in [-0.3, -0.25) is 9.89 Å². The van der Waals surface area contributed by atoms with Gasteiger partial charge in [0.05, 0.1) is 11.6 Å². The van der Waals surface area contributed by atoms with Crippen molar-refractivity contribution in [3.63, 3.8) is 0 Å². The number of fused-ring (bicyclic) bond motifs is 1. The summed E-state index contributed by atoms with van der Waals surface area (Å²) < 4.78 is 12.4. The second-order valence-electron chi connectivity index (χ2n) is 5.94. The van der Waals surface area contributed by atoms with Gasteiger partial charge in [-0.25, -0.2) is 0 Å². The third-order valence-electron chi connectivity index (χ3n) is 4.34. The standard InChI is InChI=1S/C19H16BrN3O3/c1-25-17-8-11(12-9-18(24)22-19-13(12)10-21-23-19)6-7-16(17)26-15-5-3-2-4-14(15)20/h2-8,10,12H,9H2,1H3,(H2,21,22,23,24). The minimum atomic E-state index is -0.0797. The van der Waals surface area contributed by atoms with Crippen LogP contribution in [0.1, 0.15) is 23.5 Å². The molecular weight excluding hydrogens is 398 g/mol. The summed E-state index contributed by atoms with van der Waals surface area (Å²) in [5.74, 6) is 2.36. The molecule has 132 valence electrons. The summed E-state index contributed by atoms with van der Waals surface area (Å²) in [5.41, 5.74) is 1.94. The minimum Gasteiger partial charge on any atom is -0.493 e. The van der Waals surface area contributed by atoms with E-state index in [1.54, 1.807) is 7.11 Å². The molecule has 0 spiro atoms.